The highest BCUT2D eigenvalue weighted by molar-refractivity contribution is 5.77. The van der Waals surface area contributed by atoms with Crippen molar-refractivity contribution in [1.29, 1.82) is 0 Å². The van der Waals surface area contributed by atoms with Gasteiger partial charge in [-0.2, -0.15) is 0 Å². The summed E-state index contributed by atoms with van der Waals surface area (Å²) in [4.78, 5) is 13.6. The molecule has 5 heteroatoms. The van der Waals surface area contributed by atoms with E-state index in [9.17, 15) is 4.79 Å². The molecule has 0 amide bonds. The second kappa shape index (κ2) is 5.27. The third-order valence-corrected chi connectivity index (χ3v) is 3.09. The number of fused-ring (bicyclic) bond motifs is 1. The minimum absolute atomic E-state index is 0.322. The maximum Gasteiger partial charge on any atom is 0.419 e. The molecule has 0 saturated carbocycles. The van der Waals surface area contributed by atoms with Crippen LogP contribution in [0.2, 0.25) is 0 Å². The monoisotopic (exact) mass is 249 g/mol. The van der Waals surface area contributed by atoms with Gasteiger partial charge >= 0.3 is 5.76 Å². The first kappa shape index (κ1) is 12.7. The van der Waals surface area contributed by atoms with E-state index in [-0.39, 0.29) is 5.76 Å². The number of oxazole rings is 1. The molecule has 0 fully saturated rings. The molecule has 0 unspecified atom stereocenters. The number of rotatable bonds is 5. The number of hydrogen-bond acceptors (Lipinski definition) is 4. The third kappa shape index (κ3) is 2.41. The van der Waals surface area contributed by atoms with Gasteiger partial charge in [-0.05, 0) is 24.7 Å². The van der Waals surface area contributed by atoms with Crippen molar-refractivity contribution in [3.8, 4) is 0 Å². The van der Waals surface area contributed by atoms with Crippen LogP contribution in [0, 0.1) is 0 Å². The molecule has 0 radical (unpaired) electrons. The Morgan fingerprint density at radius 1 is 1.44 bits per heavy atom. The Morgan fingerprint density at radius 3 is 2.94 bits per heavy atom. The van der Waals surface area contributed by atoms with E-state index < -0.39 is 0 Å². The zero-order valence-corrected chi connectivity index (χ0v) is 11.1. The lowest BCUT2D eigenvalue weighted by Gasteiger charge is -2.19. The van der Waals surface area contributed by atoms with Crippen LogP contribution in [0.15, 0.2) is 27.4 Å². The van der Waals surface area contributed by atoms with Gasteiger partial charge in [0.1, 0.15) is 0 Å². The number of benzene rings is 1. The summed E-state index contributed by atoms with van der Waals surface area (Å²) in [6, 6.07) is 5.79. The smallest absolute Gasteiger partial charge is 0.408 e. The molecule has 0 spiro atoms. The number of aryl methyl sites for hydroxylation is 1. The van der Waals surface area contributed by atoms with Gasteiger partial charge in [-0.1, -0.05) is 6.92 Å². The summed E-state index contributed by atoms with van der Waals surface area (Å²) in [5.74, 6) is -0.322. The largest absolute Gasteiger partial charge is 0.419 e. The molecule has 1 N–H and O–H groups in total. The van der Waals surface area contributed by atoms with Crippen molar-refractivity contribution in [1.82, 2.24) is 9.88 Å². The lowest BCUT2D eigenvalue weighted by molar-refractivity contribution is 0.528. The van der Waals surface area contributed by atoms with Gasteiger partial charge in [0.15, 0.2) is 5.58 Å². The summed E-state index contributed by atoms with van der Waals surface area (Å²) in [7, 11) is 3.76. The second-order valence-electron chi connectivity index (χ2n) is 4.35. The molecule has 1 aromatic heterocycles. The van der Waals surface area contributed by atoms with Gasteiger partial charge < -0.3 is 14.6 Å². The third-order valence-electron chi connectivity index (χ3n) is 3.09. The number of aromatic nitrogens is 1. The van der Waals surface area contributed by atoms with Crippen LogP contribution in [-0.2, 0) is 7.05 Å². The van der Waals surface area contributed by atoms with Crippen molar-refractivity contribution in [2.24, 2.45) is 7.05 Å². The van der Waals surface area contributed by atoms with Gasteiger partial charge in [-0.15, -0.1) is 0 Å². The predicted octanol–water partition coefficient (Wildman–Crippen LogP) is 1.18. The topological polar surface area (TPSA) is 50.4 Å². The van der Waals surface area contributed by atoms with E-state index in [2.05, 4.69) is 17.1 Å². The Kier molecular flexibility index (Phi) is 3.72. The number of nitrogens with one attached hydrogen (secondary N) is 1. The standard InChI is InChI=1S/C13H19N3O2/c1-4-14-7-8-15(2)10-5-6-12-11(9-10)16(3)13(17)18-12/h5-6,9,14H,4,7-8H2,1-3H3. The zero-order chi connectivity index (χ0) is 13.1. The summed E-state index contributed by atoms with van der Waals surface area (Å²) in [5, 5.41) is 3.29. The van der Waals surface area contributed by atoms with Crippen molar-refractivity contribution in [2.75, 3.05) is 31.6 Å². The molecule has 0 saturated heterocycles. The van der Waals surface area contributed by atoms with Gasteiger partial charge in [0.25, 0.3) is 0 Å². The van der Waals surface area contributed by atoms with Gasteiger partial charge in [-0.3, -0.25) is 4.57 Å². The van der Waals surface area contributed by atoms with Crippen LogP contribution in [0.1, 0.15) is 6.92 Å². The van der Waals surface area contributed by atoms with Crippen LogP contribution in [0.5, 0.6) is 0 Å². The zero-order valence-electron chi connectivity index (χ0n) is 11.1. The second-order valence-corrected chi connectivity index (χ2v) is 4.35. The van der Waals surface area contributed by atoms with E-state index >= 15 is 0 Å². The average Bonchev–Trinajstić information content (AvgIpc) is 2.65. The molecule has 0 aliphatic carbocycles. The fourth-order valence-corrected chi connectivity index (χ4v) is 1.91. The highest BCUT2D eigenvalue weighted by Crippen LogP contribution is 2.20. The van der Waals surface area contributed by atoms with E-state index in [0.29, 0.717) is 5.58 Å². The van der Waals surface area contributed by atoms with Crippen molar-refractivity contribution in [2.45, 2.75) is 6.92 Å². The molecule has 0 aliphatic heterocycles. The number of nitrogens with zero attached hydrogens (tertiary/aromatic N) is 2. The molecule has 0 atom stereocenters. The van der Waals surface area contributed by atoms with Crippen molar-refractivity contribution < 1.29 is 4.42 Å². The van der Waals surface area contributed by atoms with E-state index in [0.717, 1.165) is 30.8 Å². The Bertz CT molecular complexity index is 585. The van der Waals surface area contributed by atoms with Crippen molar-refractivity contribution in [3.05, 3.63) is 28.7 Å². The van der Waals surface area contributed by atoms with E-state index in [4.69, 9.17) is 4.42 Å². The molecule has 0 bridgehead atoms. The lowest BCUT2D eigenvalue weighted by atomic mass is 10.2. The molecule has 5 nitrogen and oxygen atoms in total. The van der Waals surface area contributed by atoms with Crippen LogP contribution in [0.3, 0.4) is 0 Å². The number of hydrogen-bond donors (Lipinski definition) is 1. The van der Waals surface area contributed by atoms with Gasteiger partial charge in [0.05, 0.1) is 5.52 Å². The molecule has 0 aliphatic rings. The molecule has 18 heavy (non-hydrogen) atoms. The van der Waals surface area contributed by atoms with E-state index in [1.165, 1.54) is 4.57 Å². The predicted molar refractivity (Wildman–Crippen MR) is 73.3 cm³/mol. The molecule has 2 rings (SSSR count). The highest BCUT2D eigenvalue weighted by atomic mass is 16.4. The number of likely N-dealkylation sites (N-methyl/N-ethyl adjacent to an activating group) is 2. The van der Waals surface area contributed by atoms with Gasteiger partial charge in [0.2, 0.25) is 0 Å². The fraction of sp³-hybridized carbons (Fsp3) is 0.462. The minimum atomic E-state index is -0.322. The maximum absolute atomic E-state index is 11.4. The molecule has 2 aromatic rings. The highest BCUT2D eigenvalue weighted by Gasteiger charge is 2.08. The SMILES string of the molecule is CCNCCN(C)c1ccc2oc(=O)n(C)c2c1. The van der Waals surface area contributed by atoms with Crippen LogP contribution >= 0.6 is 0 Å². The van der Waals surface area contributed by atoms with Crippen molar-refractivity contribution >= 4 is 16.8 Å². The Morgan fingerprint density at radius 2 is 2.22 bits per heavy atom. The molecule has 1 aromatic carbocycles. The van der Waals surface area contributed by atoms with Crippen LogP contribution in [0.4, 0.5) is 5.69 Å². The molecule has 1 heterocycles. The molecule has 98 valence electrons. The summed E-state index contributed by atoms with van der Waals surface area (Å²) in [5.41, 5.74) is 2.54. The first-order chi connectivity index (χ1) is 8.63. The first-order valence-electron chi connectivity index (χ1n) is 6.15. The Hall–Kier alpha value is -1.75. The van der Waals surface area contributed by atoms with Gasteiger partial charge in [-0.25, -0.2) is 4.79 Å². The Labute approximate surface area is 106 Å². The van der Waals surface area contributed by atoms with Crippen LogP contribution < -0.4 is 16.0 Å². The minimum Gasteiger partial charge on any atom is -0.408 e. The van der Waals surface area contributed by atoms with E-state index in [1.807, 2.05) is 25.2 Å². The molecular formula is C13H19N3O2. The normalized spacial score (nSPS) is 11.1. The van der Waals surface area contributed by atoms with Crippen LogP contribution in [-0.4, -0.2) is 31.2 Å². The summed E-state index contributed by atoms with van der Waals surface area (Å²) in [6.45, 7) is 4.93. The number of anilines is 1. The average molecular weight is 249 g/mol. The van der Waals surface area contributed by atoms with E-state index in [1.54, 1.807) is 7.05 Å². The summed E-state index contributed by atoms with van der Waals surface area (Å²) in [6.07, 6.45) is 0. The van der Waals surface area contributed by atoms with Crippen molar-refractivity contribution in [3.63, 3.8) is 0 Å². The van der Waals surface area contributed by atoms with Crippen LogP contribution in [0.25, 0.3) is 11.1 Å². The fourth-order valence-electron chi connectivity index (χ4n) is 1.91. The first-order valence-corrected chi connectivity index (χ1v) is 6.15. The maximum atomic E-state index is 11.4. The lowest BCUT2D eigenvalue weighted by Crippen LogP contribution is -2.28. The Balaban J connectivity index is 2.23. The summed E-state index contributed by atoms with van der Waals surface area (Å²) < 4.78 is 6.63. The van der Waals surface area contributed by atoms with Gasteiger partial charge in [0, 0.05) is 32.9 Å². The molecular weight excluding hydrogens is 230 g/mol. The quantitative estimate of drug-likeness (QED) is 0.808. The summed E-state index contributed by atoms with van der Waals surface area (Å²) >= 11 is 0.